The molecule has 1 aromatic carbocycles. The number of benzene rings is 1. The number of halogens is 1. The quantitative estimate of drug-likeness (QED) is 0.875. The molecule has 1 fully saturated rings. The van der Waals surface area contributed by atoms with Gasteiger partial charge in [-0.25, -0.2) is 4.39 Å². The third-order valence-electron chi connectivity index (χ3n) is 3.99. The van der Waals surface area contributed by atoms with Gasteiger partial charge < -0.3 is 14.8 Å². The van der Waals surface area contributed by atoms with Gasteiger partial charge in [-0.3, -0.25) is 4.68 Å². The Morgan fingerprint density at radius 2 is 2.38 bits per heavy atom. The van der Waals surface area contributed by atoms with Crippen molar-refractivity contribution in [2.45, 2.75) is 32.2 Å². The molecule has 6 nitrogen and oxygen atoms in total. The van der Waals surface area contributed by atoms with E-state index in [4.69, 9.17) is 14.7 Å². The molecule has 1 aromatic heterocycles. The average Bonchev–Trinajstić information content (AvgIpc) is 3.23. The Bertz CT molecular complexity index is 740. The predicted octanol–water partition coefficient (Wildman–Crippen LogP) is 1.85. The van der Waals surface area contributed by atoms with E-state index in [0.29, 0.717) is 36.6 Å². The van der Waals surface area contributed by atoms with Crippen LogP contribution in [-0.2, 0) is 17.8 Å². The first-order valence-corrected chi connectivity index (χ1v) is 7.88. The highest BCUT2D eigenvalue weighted by Gasteiger charge is 2.30. The summed E-state index contributed by atoms with van der Waals surface area (Å²) in [5, 5.41) is 16.2. The Kier molecular flexibility index (Phi) is 5.08. The molecule has 0 saturated carbocycles. The number of hydrogen-bond acceptors (Lipinski definition) is 5. The first-order chi connectivity index (χ1) is 11.7. The van der Waals surface area contributed by atoms with Gasteiger partial charge in [0.15, 0.2) is 5.75 Å². The van der Waals surface area contributed by atoms with Crippen LogP contribution in [0.25, 0.3) is 0 Å². The maximum atomic E-state index is 13.9. The summed E-state index contributed by atoms with van der Waals surface area (Å²) in [6.07, 6.45) is 3.37. The van der Waals surface area contributed by atoms with E-state index in [0.717, 1.165) is 6.54 Å². The van der Waals surface area contributed by atoms with E-state index in [9.17, 15) is 4.39 Å². The summed E-state index contributed by atoms with van der Waals surface area (Å²) in [5.74, 6) is 0.311. The molecule has 0 bridgehead atoms. The third kappa shape index (κ3) is 3.72. The molecule has 3 rings (SSSR count). The Morgan fingerprint density at radius 1 is 1.50 bits per heavy atom. The lowest BCUT2D eigenvalue weighted by Crippen LogP contribution is -2.41. The van der Waals surface area contributed by atoms with Crippen LogP contribution in [0, 0.1) is 17.1 Å². The molecule has 126 valence electrons. The second-order valence-electron chi connectivity index (χ2n) is 5.63. The molecule has 1 N–H and O–H groups in total. The summed E-state index contributed by atoms with van der Waals surface area (Å²) in [6, 6.07) is 6.37. The summed E-state index contributed by atoms with van der Waals surface area (Å²) in [5.41, 5.74) is 0.827. The summed E-state index contributed by atoms with van der Waals surface area (Å²) >= 11 is 0. The first-order valence-electron chi connectivity index (χ1n) is 7.88. The molecule has 0 spiro atoms. The van der Waals surface area contributed by atoms with Crippen LogP contribution in [0.4, 0.5) is 4.39 Å². The first kappa shape index (κ1) is 16.4. The molecule has 1 aliphatic heterocycles. The van der Waals surface area contributed by atoms with Crippen molar-refractivity contribution in [3.05, 3.63) is 47.5 Å². The van der Waals surface area contributed by atoms with E-state index in [1.54, 1.807) is 23.0 Å². The molecule has 1 saturated heterocycles. The van der Waals surface area contributed by atoms with E-state index in [1.807, 2.05) is 19.2 Å². The van der Waals surface area contributed by atoms with E-state index in [1.165, 1.54) is 6.07 Å². The van der Waals surface area contributed by atoms with Crippen molar-refractivity contribution >= 4 is 0 Å². The van der Waals surface area contributed by atoms with Gasteiger partial charge in [-0.05, 0) is 19.1 Å². The number of nitrogens with zero attached hydrogens (tertiary/aromatic N) is 3. The largest absolute Gasteiger partial charge is 0.483 e. The predicted molar refractivity (Wildman–Crippen MR) is 84.9 cm³/mol. The molecule has 2 aromatic rings. The van der Waals surface area contributed by atoms with Gasteiger partial charge in [0.1, 0.15) is 11.9 Å². The van der Waals surface area contributed by atoms with Crippen molar-refractivity contribution in [2.24, 2.45) is 0 Å². The van der Waals surface area contributed by atoms with Crippen molar-refractivity contribution in [3.8, 4) is 11.8 Å². The van der Waals surface area contributed by atoms with Crippen molar-refractivity contribution in [3.63, 3.8) is 0 Å². The Labute approximate surface area is 139 Å². The van der Waals surface area contributed by atoms with Crippen LogP contribution in [0.3, 0.4) is 0 Å². The number of aryl methyl sites for hydroxylation is 1. The van der Waals surface area contributed by atoms with Crippen LogP contribution in [0.5, 0.6) is 5.75 Å². The highest BCUT2D eigenvalue weighted by molar-refractivity contribution is 5.32. The van der Waals surface area contributed by atoms with Crippen LogP contribution >= 0.6 is 0 Å². The number of nitrogens with one attached hydrogen (secondary N) is 1. The van der Waals surface area contributed by atoms with Crippen molar-refractivity contribution in [1.82, 2.24) is 15.1 Å². The van der Waals surface area contributed by atoms with E-state index >= 15 is 0 Å². The minimum atomic E-state index is -0.387. The van der Waals surface area contributed by atoms with Crippen LogP contribution < -0.4 is 10.1 Å². The molecule has 2 atom stereocenters. The van der Waals surface area contributed by atoms with Crippen LogP contribution in [0.2, 0.25) is 0 Å². The number of nitriles is 1. The van der Waals surface area contributed by atoms with E-state index in [-0.39, 0.29) is 18.0 Å². The number of aromatic nitrogens is 2. The molecule has 24 heavy (non-hydrogen) atoms. The lowest BCUT2D eigenvalue weighted by Gasteiger charge is -2.20. The Hall–Kier alpha value is -2.43. The normalized spacial score (nSPS) is 20.0. The van der Waals surface area contributed by atoms with Crippen molar-refractivity contribution in [1.29, 1.82) is 5.26 Å². The molecule has 7 heteroatoms. The fourth-order valence-corrected chi connectivity index (χ4v) is 2.60. The zero-order valence-electron chi connectivity index (χ0n) is 13.4. The standard InChI is InChI=1S/C17H19FN4O2/c1-2-22-9-14(8-21-22)24-17-11-23-10-16(17)20-7-13-4-3-12(6-19)5-15(13)18/h3-5,8-9,16-17,20H,2,7,10-11H2,1H3/t16-,17+/m0/s1. The lowest BCUT2D eigenvalue weighted by molar-refractivity contribution is 0.139. The van der Waals surface area contributed by atoms with Gasteiger partial charge >= 0.3 is 0 Å². The van der Waals surface area contributed by atoms with Gasteiger partial charge in [0.05, 0.1) is 43.3 Å². The zero-order chi connectivity index (χ0) is 16.9. The summed E-state index contributed by atoms with van der Waals surface area (Å²) in [6.45, 7) is 4.12. The summed E-state index contributed by atoms with van der Waals surface area (Å²) in [4.78, 5) is 0. The van der Waals surface area contributed by atoms with Gasteiger partial charge in [-0.2, -0.15) is 10.4 Å². The Balaban J connectivity index is 1.59. The van der Waals surface area contributed by atoms with Gasteiger partial charge in [0, 0.05) is 18.7 Å². The Morgan fingerprint density at radius 3 is 3.08 bits per heavy atom. The second-order valence-corrected chi connectivity index (χ2v) is 5.63. The van der Waals surface area contributed by atoms with E-state index in [2.05, 4.69) is 10.4 Å². The fraction of sp³-hybridized carbons (Fsp3) is 0.412. The molecular formula is C17H19FN4O2. The lowest BCUT2D eigenvalue weighted by atomic mass is 10.1. The molecule has 0 unspecified atom stereocenters. The second kappa shape index (κ2) is 7.43. The van der Waals surface area contributed by atoms with Gasteiger partial charge in [0.25, 0.3) is 0 Å². The molecule has 0 amide bonds. The SMILES string of the molecule is CCn1cc(O[C@@H]2COC[C@@H]2NCc2ccc(C#N)cc2F)cn1. The maximum absolute atomic E-state index is 13.9. The monoisotopic (exact) mass is 330 g/mol. The highest BCUT2D eigenvalue weighted by Crippen LogP contribution is 2.17. The minimum Gasteiger partial charge on any atom is -0.483 e. The van der Waals surface area contributed by atoms with Crippen molar-refractivity contribution in [2.75, 3.05) is 13.2 Å². The minimum absolute atomic E-state index is 0.0370. The van der Waals surface area contributed by atoms with Gasteiger partial charge in [-0.1, -0.05) is 6.07 Å². The summed E-state index contributed by atoms with van der Waals surface area (Å²) in [7, 11) is 0. The number of rotatable bonds is 6. The third-order valence-corrected chi connectivity index (χ3v) is 3.99. The van der Waals surface area contributed by atoms with Gasteiger partial charge in [-0.15, -0.1) is 0 Å². The molecular weight excluding hydrogens is 311 g/mol. The number of hydrogen-bond donors (Lipinski definition) is 1. The highest BCUT2D eigenvalue weighted by atomic mass is 19.1. The molecule has 2 heterocycles. The fourth-order valence-electron chi connectivity index (χ4n) is 2.60. The molecule has 1 aliphatic rings. The van der Waals surface area contributed by atoms with Crippen molar-refractivity contribution < 1.29 is 13.9 Å². The van der Waals surface area contributed by atoms with Gasteiger partial charge in [0.2, 0.25) is 0 Å². The molecule has 0 radical (unpaired) electrons. The number of ether oxygens (including phenoxy) is 2. The van der Waals surface area contributed by atoms with Crippen LogP contribution in [-0.4, -0.2) is 35.1 Å². The van der Waals surface area contributed by atoms with E-state index < -0.39 is 0 Å². The smallest absolute Gasteiger partial charge is 0.157 e. The molecule has 0 aliphatic carbocycles. The topological polar surface area (TPSA) is 72.1 Å². The van der Waals surface area contributed by atoms with Crippen LogP contribution in [0.1, 0.15) is 18.1 Å². The summed E-state index contributed by atoms with van der Waals surface area (Å²) < 4.78 is 27.1. The maximum Gasteiger partial charge on any atom is 0.157 e. The average molecular weight is 330 g/mol. The van der Waals surface area contributed by atoms with Crippen LogP contribution in [0.15, 0.2) is 30.6 Å². The zero-order valence-corrected chi connectivity index (χ0v) is 13.4.